The van der Waals surface area contributed by atoms with E-state index in [9.17, 15) is 9.59 Å². The maximum absolute atomic E-state index is 13.5. The van der Waals surface area contributed by atoms with Crippen molar-refractivity contribution in [1.29, 1.82) is 0 Å². The van der Waals surface area contributed by atoms with Gasteiger partial charge in [0.05, 0.1) is 12.0 Å². The Hall–Kier alpha value is -2.24. The molecule has 5 aliphatic rings. The molecular weight excluding hydrogens is 404 g/mol. The van der Waals surface area contributed by atoms with E-state index in [-0.39, 0.29) is 17.9 Å². The van der Waals surface area contributed by atoms with E-state index in [4.69, 9.17) is 9.47 Å². The summed E-state index contributed by atoms with van der Waals surface area (Å²) >= 11 is 0. The summed E-state index contributed by atoms with van der Waals surface area (Å²) in [7, 11) is 0. The molecule has 0 radical (unpaired) electrons. The van der Waals surface area contributed by atoms with E-state index in [1.807, 2.05) is 34.1 Å². The standard InChI is InChI=1S/C26H36N2O4/c1-2-11-31-22-3-5-23(6-4-22)32-18-24(29)27-7-9-28(10-8-27)25(30)26-15-19-12-20(16-26)14-21(13-19)17-26/h3-6,19-21H,2,7-18H2,1H3. The maximum atomic E-state index is 13.5. The van der Waals surface area contributed by atoms with Gasteiger partial charge in [0.15, 0.2) is 6.61 Å². The van der Waals surface area contributed by atoms with Gasteiger partial charge in [0.25, 0.3) is 5.91 Å². The summed E-state index contributed by atoms with van der Waals surface area (Å²) < 4.78 is 11.3. The van der Waals surface area contributed by atoms with Crippen LogP contribution in [0.25, 0.3) is 0 Å². The Morgan fingerprint density at radius 1 is 0.844 bits per heavy atom. The zero-order chi connectivity index (χ0) is 22.1. The first kappa shape index (κ1) is 21.6. The summed E-state index contributed by atoms with van der Waals surface area (Å²) in [4.78, 5) is 30.1. The van der Waals surface area contributed by atoms with E-state index in [1.54, 1.807) is 0 Å². The minimum absolute atomic E-state index is 0.0155. The van der Waals surface area contributed by atoms with Crippen LogP contribution in [0.4, 0.5) is 0 Å². The van der Waals surface area contributed by atoms with Gasteiger partial charge >= 0.3 is 0 Å². The Kier molecular flexibility index (Phi) is 6.04. The van der Waals surface area contributed by atoms with Gasteiger partial charge in [0.2, 0.25) is 5.91 Å². The number of rotatable bonds is 7. The van der Waals surface area contributed by atoms with Gasteiger partial charge in [-0.2, -0.15) is 0 Å². The van der Waals surface area contributed by atoms with Gasteiger partial charge in [0, 0.05) is 26.2 Å². The lowest BCUT2D eigenvalue weighted by molar-refractivity contribution is -0.160. The van der Waals surface area contributed by atoms with E-state index in [2.05, 4.69) is 6.92 Å². The van der Waals surface area contributed by atoms with Crippen LogP contribution in [0.1, 0.15) is 51.9 Å². The van der Waals surface area contributed by atoms with Crippen molar-refractivity contribution in [2.24, 2.45) is 23.2 Å². The Bertz CT molecular complexity index is 793. The van der Waals surface area contributed by atoms with E-state index in [0.29, 0.717) is 44.4 Å². The summed E-state index contributed by atoms with van der Waals surface area (Å²) in [6.07, 6.45) is 8.33. The fourth-order valence-electron chi connectivity index (χ4n) is 6.96. The Balaban J connectivity index is 1.09. The van der Waals surface area contributed by atoms with Gasteiger partial charge in [-0.05, 0) is 87.0 Å². The number of nitrogens with zero attached hydrogens (tertiary/aromatic N) is 2. The number of carbonyl (C=O) groups is 2. The number of amides is 2. The average Bonchev–Trinajstić information content (AvgIpc) is 2.80. The van der Waals surface area contributed by atoms with Gasteiger partial charge in [0.1, 0.15) is 11.5 Å². The predicted octanol–water partition coefficient (Wildman–Crippen LogP) is 3.74. The van der Waals surface area contributed by atoms with Crippen LogP contribution in [0.15, 0.2) is 24.3 Å². The highest BCUT2D eigenvalue weighted by atomic mass is 16.5. The second kappa shape index (κ2) is 8.95. The zero-order valence-electron chi connectivity index (χ0n) is 19.3. The molecule has 4 saturated carbocycles. The maximum Gasteiger partial charge on any atom is 0.260 e. The SMILES string of the molecule is CCCOc1ccc(OCC(=O)N2CCN(C(=O)C34CC5CC(CC(C5)C3)C4)CC2)cc1. The normalized spacial score (nSPS) is 31.0. The van der Waals surface area contributed by atoms with Crippen molar-refractivity contribution in [3.63, 3.8) is 0 Å². The molecule has 1 aromatic carbocycles. The number of carbonyl (C=O) groups excluding carboxylic acids is 2. The first-order valence-electron chi connectivity index (χ1n) is 12.5. The van der Waals surface area contributed by atoms with Gasteiger partial charge in [-0.15, -0.1) is 0 Å². The molecular formula is C26H36N2O4. The van der Waals surface area contributed by atoms with E-state index < -0.39 is 0 Å². The highest BCUT2D eigenvalue weighted by molar-refractivity contribution is 5.84. The summed E-state index contributed by atoms with van der Waals surface area (Å²) in [6, 6.07) is 7.40. The lowest BCUT2D eigenvalue weighted by Crippen LogP contribution is -2.58. The molecule has 0 spiro atoms. The number of benzene rings is 1. The van der Waals surface area contributed by atoms with Crippen LogP contribution in [0.3, 0.4) is 0 Å². The van der Waals surface area contributed by atoms with Crippen LogP contribution in [0, 0.1) is 23.2 Å². The molecule has 174 valence electrons. The van der Waals surface area contributed by atoms with Gasteiger partial charge in [-0.3, -0.25) is 9.59 Å². The molecule has 0 N–H and O–H groups in total. The highest BCUT2D eigenvalue weighted by Gasteiger charge is 2.55. The quantitative estimate of drug-likeness (QED) is 0.648. The molecule has 0 atom stereocenters. The lowest BCUT2D eigenvalue weighted by Gasteiger charge is -2.57. The molecule has 1 aliphatic heterocycles. The van der Waals surface area contributed by atoms with Crippen LogP contribution in [-0.4, -0.2) is 61.0 Å². The van der Waals surface area contributed by atoms with Crippen LogP contribution >= 0.6 is 0 Å². The molecule has 6 heteroatoms. The minimum Gasteiger partial charge on any atom is -0.494 e. The zero-order valence-corrected chi connectivity index (χ0v) is 19.3. The van der Waals surface area contributed by atoms with Crippen molar-refractivity contribution in [2.75, 3.05) is 39.4 Å². The summed E-state index contributed by atoms with van der Waals surface area (Å²) in [5.74, 6) is 4.17. The minimum atomic E-state index is -0.0863. The molecule has 2 amide bonds. The van der Waals surface area contributed by atoms with E-state index in [1.165, 1.54) is 19.3 Å². The number of piperazine rings is 1. The average molecular weight is 441 g/mol. The first-order chi connectivity index (χ1) is 15.5. The highest BCUT2D eigenvalue weighted by Crippen LogP contribution is 2.60. The molecule has 0 unspecified atom stereocenters. The van der Waals surface area contributed by atoms with Crippen molar-refractivity contribution in [3.05, 3.63) is 24.3 Å². The number of ether oxygens (including phenoxy) is 2. The topological polar surface area (TPSA) is 59.1 Å². The second-order valence-corrected chi connectivity index (χ2v) is 10.5. The van der Waals surface area contributed by atoms with Crippen LogP contribution in [-0.2, 0) is 9.59 Å². The van der Waals surface area contributed by atoms with Crippen molar-refractivity contribution < 1.29 is 19.1 Å². The molecule has 1 aromatic rings. The monoisotopic (exact) mass is 440 g/mol. The molecule has 32 heavy (non-hydrogen) atoms. The molecule has 1 saturated heterocycles. The molecule has 4 aliphatic carbocycles. The Labute approximate surface area is 191 Å². The molecule has 4 bridgehead atoms. The van der Waals surface area contributed by atoms with E-state index >= 15 is 0 Å². The second-order valence-electron chi connectivity index (χ2n) is 10.5. The van der Waals surface area contributed by atoms with Crippen LogP contribution < -0.4 is 9.47 Å². The third kappa shape index (κ3) is 4.33. The van der Waals surface area contributed by atoms with Crippen LogP contribution in [0.5, 0.6) is 11.5 Å². The molecule has 5 fully saturated rings. The van der Waals surface area contributed by atoms with Crippen LogP contribution in [0.2, 0.25) is 0 Å². The van der Waals surface area contributed by atoms with E-state index in [0.717, 1.165) is 49.2 Å². The van der Waals surface area contributed by atoms with Crippen molar-refractivity contribution in [3.8, 4) is 11.5 Å². The van der Waals surface area contributed by atoms with Crippen molar-refractivity contribution in [2.45, 2.75) is 51.9 Å². The van der Waals surface area contributed by atoms with Gasteiger partial charge in [-0.1, -0.05) is 6.92 Å². The van der Waals surface area contributed by atoms with Crippen molar-refractivity contribution in [1.82, 2.24) is 9.80 Å². The number of hydrogen-bond acceptors (Lipinski definition) is 4. The third-order valence-corrected chi connectivity index (χ3v) is 8.07. The molecule has 1 heterocycles. The summed E-state index contributed by atoms with van der Waals surface area (Å²) in [6.45, 7) is 5.29. The van der Waals surface area contributed by atoms with Gasteiger partial charge < -0.3 is 19.3 Å². The smallest absolute Gasteiger partial charge is 0.260 e. The summed E-state index contributed by atoms with van der Waals surface area (Å²) in [5.41, 5.74) is -0.0863. The number of hydrogen-bond donors (Lipinski definition) is 0. The fourth-order valence-corrected chi connectivity index (χ4v) is 6.96. The Morgan fingerprint density at radius 2 is 1.34 bits per heavy atom. The lowest BCUT2D eigenvalue weighted by atomic mass is 9.49. The largest absolute Gasteiger partial charge is 0.494 e. The third-order valence-electron chi connectivity index (χ3n) is 8.07. The Morgan fingerprint density at radius 3 is 1.88 bits per heavy atom. The fraction of sp³-hybridized carbons (Fsp3) is 0.692. The first-order valence-corrected chi connectivity index (χ1v) is 12.5. The predicted molar refractivity (Wildman–Crippen MR) is 121 cm³/mol. The molecule has 0 aromatic heterocycles. The van der Waals surface area contributed by atoms with Gasteiger partial charge in [-0.25, -0.2) is 0 Å². The molecule has 6 rings (SSSR count). The van der Waals surface area contributed by atoms with Crippen molar-refractivity contribution >= 4 is 11.8 Å². The molecule has 6 nitrogen and oxygen atoms in total. The summed E-state index contributed by atoms with van der Waals surface area (Å²) in [5, 5.41) is 0.